The number of rotatable bonds is 9. The van der Waals surface area contributed by atoms with E-state index >= 15 is 0 Å². The molecule has 1 aliphatic rings. The molecule has 0 saturated heterocycles. The van der Waals surface area contributed by atoms with Gasteiger partial charge in [-0.15, -0.1) is 0 Å². The van der Waals surface area contributed by atoms with Crippen molar-refractivity contribution in [1.29, 1.82) is 0 Å². The fraction of sp³-hybridized carbons (Fsp3) is 0.625. The van der Waals surface area contributed by atoms with Crippen molar-refractivity contribution in [3.05, 3.63) is 37.6 Å². The zero-order valence-electron chi connectivity index (χ0n) is 14.3. The van der Waals surface area contributed by atoms with Gasteiger partial charge in [0.25, 0.3) is 5.56 Å². The van der Waals surface area contributed by atoms with Crippen LogP contribution in [0.15, 0.2) is 20.8 Å². The van der Waals surface area contributed by atoms with Crippen molar-refractivity contribution < 1.29 is 18.9 Å². The van der Waals surface area contributed by atoms with Crippen molar-refractivity contribution in [1.82, 2.24) is 9.55 Å². The summed E-state index contributed by atoms with van der Waals surface area (Å²) in [6.07, 6.45) is 4.41. The van der Waals surface area contributed by atoms with Gasteiger partial charge in [-0.2, -0.15) is 0 Å². The van der Waals surface area contributed by atoms with Crippen molar-refractivity contribution in [3.63, 3.8) is 0 Å². The van der Waals surface area contributed by atoms with Crippen LogP contribution >= 0.6 is 15.9 Å². The third-order valence-corrected chi connectivity index (χ3v) is 4.43. The fourth-order valence-corrected chi connectivity index (χ4v) is 3.35. The van der Waals surface area contributed by atoms with Crippen LogP contribution in [0.4, 0.5) is 0 Å². The molecular formula is C16H23BrN2O6. The van der Waals surface area contributed by atoms with Crippen LogP contribution in [0.3, 0.4) is 0 Å². The van der Waals surface area contributed by atoms with Gasteiger partial charge < -0.3 is 18.9 Å². The smallest absolute Gasteiger partial charge is 0.328 e. The van der Waals surface area contributed by atoms with Gasteiger partial charge in [0, 0.05) is 32.4 Å². The highest BCUT2D eigenvalue weighted by atomic mass is 79.9. The number of H-pyrrole nitrogens is 1. The van der Waals surface area contributed by atoms with Crippen molar-refractivity contribution >= 4 is 22.0 Å². The maximum atomic E-state index is 12.2. The standard InChI is InChI=1S/C16H23BrN2O6/c1-22-9-24-8-12-5-13(6-14(12)25-10-23-2)19-7-11(3-4-17)15(20)18-16(19)21/h3-4,7,12-14H,5-6,8-10H2,1-2H3,(H,18,20,21)/b4-3+. The minimum Gasteiger partial charge on any atom is -0.359 e. The Balaban J connectivity index is 2.20. The Morgan fingerprint density at radius 1 is 1.28 bits per heavy atom. The van der Waals surface area contributed by atoms with E-state index < -0.39 is 11.2 Å². The molecule has 1 saturated carbocycles. The van der Waals surface area contributed by atoms with Crippen LogP contribution in [0.2, 0.25) is 0 Å². The van der Waals surface area contributed by atoms with Gasteiger partial charge in [0.05, 0.1) is 18.3 Å². The quantitative estimate of drug-likeness (QED) is 0.482. The van der Waals surface area contributed by atoms with Crippen molar-refractivity contribution in [2.24, 2.45) is 5.92 Å². The summed E-state index contributed by atoms with van der Waals surface area (Å²) in [5.41, 5.74) is -0.433. The predicted molar refractivity (Wildman–Crippen MR) is 95.6 cm³/mol. The zero-order chi connectivity index (χ0) is 18.2. The van der Waals surface area contributed by atoms with E-state index in [2.05, 4.69) is 20.9 Å². The number of halogens is 1. The molecule has 25 heavy (non-hydrogen) atoms. The van der Waals surface area contributed by atoms with Crippen LogP contribution in [-0.4, -0.2) is 50.1 Å². The number of aromatic nitrogens is 2. The lowest BCUT2D eigenvalue weighted by molar-refractivity contribution is -0.106. The van der Waals surface area contributed by atoms with Crippen molar-refractivity contribution in [3.8, 4) is 0 Å². The van der Waals surface area contributed by atoms with E-state index in [-0.39, 0.29) is 31.6 Å². The first-order valence-corrected chi connectivity index (χ1v) is 8.81. The molecule has 3 atom stereocenters. The third kappa shape index (κ3) is 5.35. The number of ether oxygens (including phenoxy) is 4. The van der Waals surface area contributed by atoms with Gasteiger partial charge in [-0.1, -0.05) is 15.9 Å². The second kappa shape index (κ2) is 10.0. The topological polar surface area (TPSA) is 91.8 Å². The first kappa shape index (κ1) is 20.1. The Hall–Kier alpha value is -1.26. The average Bonchev–Trinajstić information content (AvgIpc) is 2.98. The van der Waals surface area contributed by atoms with Crippen molar-refractivity contribution in [2.45, 2.75) is 25.0 Å². The summed E-state index contributed by atoms with van der Waals surface area (Å²) in [4.78, 5) is 28.0. The normalized spacial score (nSPS) is 23.6. The largest absolute Gasteiger partial charge is 0.359 e. The van der Waals surface area contributed by atoms with E-state index in [4.69, 9.17) is 18.9 Å². The first-order chi connectivity index (χ1) is 12.1. The summed E-state index contributed by atoms with van der Waals surface area (Å²) in [6, 6.07) is -0.0928. The van der Waals surface area contributed by atoms with Crippen molar-refractivity contribution in [2.75, 3.05) is 34.4 Å². The Kier molecular flexibility index (Phi) is 8.04. The van der Waals surface area contributed by atoms with Gasteiger partial charge in [-0.25, -0.2) is 4.79 Å². The molecule has 1 aromatic rings. The molecule has 1 aliphatic carbocycles. The van der Waals surface area contributed by atoms with Gasteiger partial charge in [0.2, 0.25) is 0 Å². The van der Waals surface area contributed by atoms with Gasteiger partial charge in [-0.3, -0.25) is 14.3 Å². The van der Waals surface area contributed by atoms with E-state index in [0.29, 0.717) is 25.0 Å². The molecule has 140 valence electrons. The van der Waals surface area contributed by atoms with Crippen LogP contribution in [-0.2, 0) is 18.9 Å². The molecule has 0 amide bonds. The maximum Gasteiger partial charge on any atom is 0.328 e. The summed E-state index contributed by atoms with van der Waals surface area (Å²) in [7, 11) is 3.13. The molecule has 0 spiro atoms. The lowest BCUT2D eigenvalue weighted by Crippen LogP contribution is -2.32. The number of nitrogens with one attached hydrogen (secondary N) is 1. The molecule has 2 rings (SSSR count). The van der Waals surface area contributed by atoms with Gasteiger partial charge in [-0.05, 0) is 23.9 Å². The number of hydrogen-bond acceptors (Lipinski definition) is 6. The minimum absolute atomic E-state index is 0.0928. The maximum absolute atomic E-state index is 12.2. The van der Waals surface area contributed by atoms with Gasteiger partial charge >= 0.3 is 5.69 Å². The monoisotopic (exact) mass is 418 g/mol. The Labute approximate surface area is 153 Å². The summed E-state index contributed by atoms with van der Waals surface area (Å²) in [5, 5.41) is 0. The van der Waals surface area contributed by atoms with Crippen LogP contribution in [0, 0.1) is 5.92 Å². The van der Waals surface area contributed by atoms with Gasteiger partial charge in [0.1, 0.15) is 13.6 Å². The molecule has 3 unspecified atom stereocenters. The van der Waals surface area contributed by atoms with E-state index in [0.717, 1.165) is 0 Å². The Bertz CT molecular complexity index is 686. The van der Waals surface area contributed by atoms with Gasteiger partial charge in [0.15, 0.2) is 0 Å². The average molecular weight is 419 g/mol. The molecule has 1 fully saturated rings. The lowest BCUT2D eigenvalue weighted by Gasteiger charge is -2.19. The second-order valence-electron chi connectivity index (χ2n) is 5.82. The molecule has 9 heteroatoms. The highest BCUT2D eigenvalue weighted by Gasteiger charge is 2.36. The number of methoxy groups -OCH3 is 2. The summed E-state index contributed by atoms with van der Waals surface area (Å²) in [5.74, 6) is 0.101. The highest BCUT2D eigenvalue weighted by Crippen LogP contribution is 2.36. The van der Waals surface area contributed by atoms with E-state index in [1.807, 2.05) is 0 Å². The molecule has 0 radical (unpaired) electrons. The molecule has 1 N–H and O–H groups in total. The fourth-order valence-electron chi connectivity index (χ4n) is 3.06. The van der Waals surface area contributed by atoms with E-state index in [1.54, 1.807) is 36.0 Å². The Morgan fingerprint density at radius 3 is 2.72 bits per heavy atom. The first-order valence-electron chi connectivity index (χ1n) is 7.90. The molecule has 0 aromatic carbocycles. The molecule has 0 aliphatic heterocycles. The SMILES string of the molecule is COCOCC1CC(n2cc(/C=C/Br)c(=O)[nH]c2=O)CC1OCOC. The van der Waals surface area contributed by atoms with Crippen LogP contribution in [0.5, 0.6) is 0 Å². The molecule has 1 heterocycles. The molecule has 0 bridgehead atoms. The third-order valence-electron chi connectivity index (χ3n) is 4.17. The lowest BCUT2D eigenvalue weighted by atomic mass is 10.1. The van der Waals surface area contributed by atoms with E-state index in [9.17, 15) is 9.59 Å². The number of hydrogen-bond donors (Lipinski definition) is 1. The summed E-state index contributed by atoms with van der Waals surface area (Å²) >= 11 is 3.15. The second-order valence-corrected chi connectivity index (χ2v) is 6.35. The Morgan fingerprint density at radius 2 is 2.04 bits per heavy atom. The number of aromatic amines is 1. The van der Waals surface area contributed by atoms with Crippen LogP contribution in [0.25, 0.3) is 6.08 Å². The summed E-state index contributed by atoms with van der Waals surface area (Å²) < 4.78 is 22.7. The molecule has 8 nitrogen and oxygen atoms in total. The van der Waals surface area contributed by atoms with Crippen LogP contribution in [0.1, 0.15) is 24.4 Å². The molecular weight excluding hydrogens is 396 g/mol. The minimum atomic E-state index is -0.425. The van der Waals surface area contributed by atoms with Crippen LogP contribution < -0.4 is 11.2 Å². The predicted octanol–water partition coefficient (Wildman–Crippen LogP) is 1.46. The molecule has 1 aromatic heterocycles. The zero-order valence-corrected chi connectivity index (χ0v) is 15.9. The highest BCUT2D eigenvalue weighted by molar-refractivity contribution is 9.11. The number of nitrogens with zero attached hydrogens (tertiary/aromatic N) is 1. The van der Waals surface area contributed by atoms with E-state index in [1.165, 1.54) is 0 Å². The summed E-state index contributed by atoms with van der Waals surface area (Å²) in [6.45, 7) is 0.845.